The minimum atomic E-state index is -0.557. The van der Waals surface area contributed by atoms with Crippen molar-refractivity contribution >= 4 is 5.97 Å². The van der Waals surface area contributed by atoms with Gasteiger partial charge in [0, 0.05) is 6.42 Å². The van der Waals surface area contributed by atoms with Crippen molar-refractivity contribution in [2.75, 3.05) is 0 Å². The van der Waals surface area contributed by atoms with Gasteiger partial charge in [0.05, 0.1) is 11.5 Å². The molecule has 0 aromatic rings. The Bertz CT molecular complexity index is 489. The molecule has 3 heteroatoms. The zero-order valence-corrected chi connectivity index (χ0v) is 20.5. The lowest BCUT2D eigenvalue weighted by Gasteiger charge is -2.45. The van der Waals surface area contributed by atoms with Crippen LogP contribution >= 0.6 is 0 Å². The molecule has 2 unspecified atom stereocenters. The van der Waals surface area contributed by atoms with Crippen LogP contribution in [0, 0.1) is 21.7 Å². The SMILES string of the molecule is CCC(C)(C)CC(C)(C(=O)OC(CC(C)(C)C)OC1CCCCC1)C(C)(C)C. The molecule has 0 N–H and O–H groups in total. The molecule has 1 aliphatic carbocycles. The summed E-state index contributed by atoms with van der Waals surface area (Å²) in [5, 5.41) is 0. The quantitative estimate of drug-likeness (QED) is 0.314. The highest BCUT2D eigenvalue weighted by atomic mass is 16.7. The Morgan fingerprint density at radius 3 is 1.89 bits per heavy atom. The van der Waals surface area contributed by atoms with Gasteiger partial charge in [-0.3, -0.25) is 4.79 Å². The van der Waals surface area contributed by atoms with Crippen molar-refractivity contribution in [3.63, 3.8) is 0 Å². The first kappa shape index (κ1) is 25.5. The van der Waals surface area contributed by atoms with E-state index in [4.69, 9.17) is 9.47 Å². The Morgan fingerprint density at radius 2 is 1.46 bits per heavy atom. The fourth-order valence-corrected chi connectivity index (χ4v) is 4.01. The Morgan fingerprint density at radius 1 is 0.929 bits per heavy atom. The van der Waals surface area contributed by atoms with E-state index in [0.29, 0.717) is 0 Å². The highest BCUT2D eigenvalue weighted by Gasteiger charge is 2.49. The van der Waals surface area contributed by atoms with Gasteiger partial charge >= 0.3 is 5.97 Å². The van der Waals surface area contributed by atoms with E-state index in [1.54, 1.807) is 0 Å². The fraction of sp³-hybridized carbons (Fsp3) is 0.960. The van der Waals surface area contributed by atoms with Gasteiger partial charge in [0.25, 0.3) is 0 Å². The molecule has 1 aliphatic rings. The third kappa shape index (κ3) is 7.69. The molecule has 28 heavy (non-hydrogen) atoms. The first-order valence-corrected chi connectivity index (χ1v) is 11.5. The summed E-state index contributed by atoms with van der Waals surface area (Å²) in [6.45, 7) is 21.8. The summed E-state index contributed by atoms with van der Waals surface area (Å²) in [4.78, 5) is 13.5. The predicted octanol–water partition coefficient (Wildman–Crippen LogP) is 7.52. The van der Waals surface area contributed by atoms with Crippen LogP contribution in [0.1, 0.15) is 121 Å². The van der Waals surface area contributed by atoms with E-state index < -0.39 is 11.7 Å². The highest BCUT2D eigenvalue weighted by Crippen LogP contribution is 2.49. The molecule has 1 saturated carbocycles. The van der Waals surface area contributed by atoms with Crippen LogP contribution in [0.15, 0.2) is 0 Å². The van der Waals surface area contributed by atoms with Crippen molar-refractivity contribution in [3.8, 4) is 0 Å². The standard InChI is InChI=1S/C25H48O3/c1-11-24(8,9)18-25(10,23(5,6)7)21(26)28-20(17-22(2,3)4)27-19-15-13-12-14-16-19/h19-20H,11-18H2,1-10H3. The molecule has 1 rings (SSSR count). The predicted molar refractivity (Wildman–Crippen MR) is 118 cm³/mol. The number of hydrogen-bond donors (Lipinski definition) is 0. The minimum absolute atomic E-state index is 0.0421. The van der Waals surface area contributed by atoms with Crippen LogP contribution in [0.4, 0.5) is 0 Å². The molecule has 0 amide bonds. The van der Waals surface area contributed by atoms with Gasteiger partial charge in [0.1, 0.15) is 0 Å². The van der Waals surface area contributed by atoms with Gasteiger partial charge in [-0.05, 0) is 42.4 Å². The number of carbonyl (C=O) groups excluding carboxylic acids is 1. The van der Waals surface area contributed by atoms with E-state index in [2.05, 4.69) is 69.2 Å². The summed E-state index contributed by atoms with van der Waals surface area (Å²) in [7, 11) is 0. The first-order chi connectivity index (χ1) is 12.6. The van der Waals surface area contributed by atoms with Crippen molar-refractivity contribution in [1.29, 1.82) is 0 Å². The second kappa shape index (κ2) is 9.49. The minimum Gasteiger partial charge on any atom is -0.435 e. The molecule has 0 aliphatic heterocycles. The number of esters is 1. The average molecular weight is 397 g/mol. The van der Waals surface area contributed by atoms with Crippen LogP contribution in [-0.4, -0.2) is 18.4 Å². The zero-order valence-electron chi connectivity index (χ0n) is 20.5. The molecule has 0 bridgehead atoms. The summed E-state index contributed by atoms with van der Waals surface area (Å²) in [6.07, 6.45) is 8.22. The second-order valence-electron chi connectivity index (χ2n) is 12.3. The van der Waals surface area contributed by atoms with Crippen molar-refractivity contribution in [2.45, 2.75) is 133 Å². The first-order valence-electron chi connectivity index (χ1n) is 11.5. The van der Waals surface area contributed by atoms with Crippen LogP contribution in [0.2, 0.25) is 0 Å². The molecule has 0 aromatic heterocycles. The van der Waals surface area contributed by atoms with Gasteiger partial charge in [-0.1, -0.05) is 88.0 Å². The van der Waals surface area contributed by atoms with E-state index in [9.17, 15) is 4.79 Å². The summed E-state index contributed by atoms with van der Waals surface area (Å²) in [6, 6.07) is 0. The van der Waals surface area contributed by atoms with Gasteiger partial charge in [-0.25, -0.2) is 0 Å². The maximum absolute atomic E-state index is 13.5. The van der Waals surface area contributed by atoms with Crippen molar-refractivity contribution < 1.29 is 14.3 Å². The zero-order chi connectivity index (χ0) is 21.8. The Hall–Kier alpha value is -0.570. The summed E-state index contributed by atoms with van der Waals surface area (Å²) in [5.41, 5.74) is -0.614. The average Bonchev–Trinajstić information content (AvgIpc) is 2.52. The lowest BCUT2D eigenvalue weighted by Crippen LogP contribution is -2.46. The van der Waals surface area contributed by atoms with Gasteiger partial charge in [0.15, 0.2) is 0 Å². The number of carbonyl (C=O) groups is 1. The van der Waals surface area contributed by atoms with Crippen LogP contribution < -0.4 is 0 Å². The molecule has 0 radical (unpaired) electrons. The van der Waals surface area contributed by atoms with Gasteiger partial charge in [-0.2, -0.15) is 0 Å². The lowest BCUT2D eigenvalue weighted by molar-refractivity contribution is -0.215. The monoisotopic (exact) mass is 396 g/mol. The fourth-order valence-electron chi connectivity index (χ4n) is 4.01. The maximum atomic E-state index is 13.5. The van der Waals surface area contributed by atoms with Crippen molar-refractivity contribution in [1.82, 2.24) is 0 Å². The molecule has 2 atom stereocenters. The molecule has 3 nitrogen and oxygen atoms in total. The van der Waals surface area contributed by atoms with E-state index in [1.165, 1.54) is 19.3 Å². The molecular weight excluding hydrogens is 348 g/mol. The molecular formula is C25H48O3. The number of rotatable bonds is 8. The normalized spacial score (nSPS) is 20.5. The largest absolute Gasteiger partial charge is 0.435 e. The Balaban J connectivity index is 3.02. The third-order valence-corrected chi connectivity index (χ3v) is 6.81. The van der Waals surface area contributed by atoms with Gasteiger partial charge < -0.3 is 9.47 Å². The van der Waals surface area contributed by atoms with Crippen molar-refractivity contribution in [2.24, 2.45) is 21.7 Å². The second-order valence-corrected chi connectivity index (χ2v) is 12.3. The van der Waals surface area contributed by atoms with Gasteiger partial charge in [0.2, 0.25) is 6.29 Å². The van der Waals surface area contributed by atoms with Crippen LogP contribution in [0.25, 0.3) is 0 Å². The summed E-state index contributed by atoms with van der Waals surface area (Å²) < 4.78 is 12.5. The third-order valence-electron chi connectivity index (χ3n) is 6.81. The Kier molecular flexibility index (Phi) is 8.63. The molecule has 0 saturated heterocycles. The molecule has 0 aromatic carbocycles. The van der Waals surface area contributed by atoms with E-state index in [0.717, 1.165) is 32.1 Å². The van der Waals surface area contributed by atoms with Crippen LogP contribution in [0.3, 0.4) is 0 Å². The van der Waals surface area contributed by atoms with Crippen LogP contribution in [-0.2, 0) is 14.3 Å². The molecule has 0 heterocycles. The smallest absolute Gasteiger partial charge is 0.314 e. The molecule has 166 valence electrons. The molecule has 1 fully saturated rings. The topological polar surface area (TPSA) is 35.5 Å². The summed E-state index contributed by atoms with van der Waals surface area (Å²) in [5.74, 6) is -0.105. The number of hydrogen-bond acceptors (Lipinski definition) is 3. The Labute approximate surface area is 175 Å². The highest BCUT2D eigenvalue weighted by molar-refractivity contribution is 5.77. The summed E-state index contributed by atoms with van der Waals surface area (Å²) >= 11 is 0. The number of ether oxygens (including phenoxy) is 2. The van der Waals surface area contributed by atoms with Gasteiger partial charge in [-0.15, -0.1) is 0 Å². The lowest BCUT2D eigenvalue weighted by atomic mass is 9.60. The van der Waals surface area contributed by atoms with E-state index in [-0.39, 0.29) is 28.3 Å². The maximum Gasteiger partial charge on any atom is 0.314 e. The van der Waals surface area contributed by atoms with Crippen LogP contribution in [0.5, 0.6) is 0 Å². The van der Waals surface area contributed by atoms with E-state index in [1.807, 2.05) is 0 Å². The van der Waals surface area contributed by atoms with E-state index >= 15 is 0 Å². The molecule has 0 spiro atoms. The van der Waals surface area contributed by atoms with Crippen molar-refractivity contribution in [3.05, 3.63) is 0 Å².